The number of benzene rings is 1. The molecule has 9 heteroatoms. The van der Waals surface area contributed by atoms with Crippen LogP contribution >= 0.6 is 0 Å². The Hall–Kier alpha value is -1.87. The van der Waals surface area contributed by atoms with E-state index in [1.807, 2.05) is 0 Å². The van der Waals surface area contributed by atoms with Crippen molar-refractivity contribution in [2.45, 2.75) is 43.9 Å². The summed E-state index contributed by atoms with van der Waals surface area (Å²) in [4.78, 5) is 14.0. The summed E-state index contributed by atoms with van der Waals surface area (Å²) >= 11 is 0. The minimum atomic E-state index is -4.89. The fourth-order valence-corrected chi connectivity index (χ4v) is 3.91. The number of β-amino-alcohol motifs (C(OH)–C–C–N with tert-alkyl or cyclic N) is 1. The monoisotopic (exact) mass is 420 g/mol. The molecule has 1 aromatic rings. The van der Waals surface area contributed by atoms with Gasteiger partial charge in [-0.2, -0.15) is 13.2 Å². The molecular formula is C20H28F4N2O3. The lowest BCUT2D eigenvalue weighted by Crippen LogP contribution is -2.56. The zero-order valence-electron chi connectivity index (χ0n) is 16.9. The zero-order valence-corrected chi connectivity index (χ0v) is 16.9. The molecule has 0 aliphatic carbocycles. The Morgan fingerprint density at radius 2 is 1.86 bits per heavy atom. The van der Waals surface area contributed by atoms with Gasteiger partial charge in [-0.1, -0.05) is 13.8 Å². The lowest BCUT2D eigenvalue weighted by Gasteiger charge is -2.40. The molecule has 1 aromatic carbocycles. The van der Waals surface area contributed by atoms with Gasteiger partial charge in [0.15, 0.2) is 5.60 Å². The number of amides is 1. The van der Waals surface area contributed by atoms with Crippen molar-refractivity contribution in [2.75, 3.05) is 39.8 Å². The maximum Gasteiger partial charge on any atom is 0.418 e. The molecular weight excluding hydrogens is 392 g/mol. The number of ether oxygens (including phenoxy) is 1. The van der Waals surface area contributed by atoms with E-state index < -0.39 is 36.0 Å². The van der Waals surface area contributed by atoms with E-state index in [1.54, 1.807) is 0 Å². The van der Waals surface area contributed by atoms with Gasteiger partial charge in [-0.25, -0.2) is 4.39 Å². The number of hydrogen-bond acceptors (Lipinski definition) is 4. The molecule has 1 N–H and O–H groups in total. The van der Waals surface area contributed by atoms with Crippen LogP contribution in [0.2, 0.25) is 0 Å². The molecule has 0 radical (unpaired) electrons. The van der Waals surface area contributed by atoms with Gasteiger partial charge in [-0.3, -0.25) is 9.69 Å². The van der Waals surface area contributed by atoms with E-state index in [9.17, 15) is 27.5 Å². The summed E-state index contributed by atoms with van der Waals surface area (Å²) in [6.45, 7) is 3.78. The molecule has 1 aliphatic heterocycles. The molecule has 0 aromatic heterocycles. The van der Waals surface area contributed by atoms with Gasteiger partial charge < -0.3 is 14.7 Å². The summed E-state index contributed by atoms with van der Waals surface area (Å²) in [5.74, 6) is -0.330. The van der Waals surface area contributed by atoms with Crippen molar-refractivity contribution < 1.29 is 32.2 Å². The number of methoxy groups -OCH3 is 1. The Morgan fingerprint density at radius 3 is 2.45 bits per heavy atom. The SMILES string of the molecule is COc1ccc(F)cc1C(C)(C)CC(O)(CN1CCCN(C=O)CC1)C(F)(F)F. The minimum Gasteiger partial charge on any atom is -0.496 e. The van der Waals surface area contributed by atoms with E-state index in [1.165, 1.54) is 42.9 Å². The van der Waals surface area contributed by atoms with Crippen molar-refractivity contribution in [1.29, 1.82) is 0 Å². The Kier molecular flexibility index (Phi) is 7.16. The van der Waals surface area contributed by atoms with Crippen LogP contribution in [0, 0.1) is 5.82 Å². The molecule has 1 atom stereocenters. The molecule has 164 valence electrons. The molecule has 1 fully saturated rings. The molecule has 29 heavy (non-hydrogen) atoms. The second-order valence-electron chi connectivity index (χ2n) is 8.21. The van der Waals surface area contributed by atoms with Crippen LogP contribution in [0.4, 0.5) is 17.6 Å². The van der Waals surface area contributed by atoms with E-state index in [0.717, 1.165) is 6.07 Å². The van der Waals surface area contributed by atoms with E-state index in [2.05, 4.69) is 0 Å². The van der Waals surface area contributed by atoms with Gasteiger partial charge in [-0.05, 0) is 36.5 Å². The quantitative estimate of drug-likeness (QED) is 0.544. The predicted octanol–water partition coefficient (Wildman–Crippen LogP) is 2.96. The number of rotatable bonds is 7. The average molecular weight is 420 g/mol. The van der Waals surface area contributed by atoms with Gasteiger partial charge in [0.2, 0.25) is 6.41 Å². The molecule has 2 rings (SSSR count). The number of hydrogen-bond donors (Lipinski definition) is 1. The number of halogens is 4. The normalized spacial score (nSPS) is 18.8. The van der Waals surface area contributed by atoms with Crippen LogP contribution in [0.5, 0.6) is 5.75 Å². The van der Waals surface area contributed by atoms with Crippen molar-refractivity contribution >= 4 is 6.41 Å². The molecule has 0 saturated carbocycles. The molecule has 5 nitrogen and oxygen atoms in total. The van der Waals surface area contributed by atoms with Crippen LogP contribution in [0.15, 0.2) is 18.2 Å². The first-order chi connectivity index (χ1) is 13.4. The molecule has 1 heterocycles. The van der Waals surface area contributed by atoms with Crippen LogP contribution < -0.4 is 4.74 Å². The smallest absolute Gasteiger partial charge is 0.418 e. The van der Waals surface area contributed by atoms with Crippen LogP contribution in [0.3, 0.4) is 0 Å². The third-order valence-electron chi connectivity index (χ3n) is 5.41. The number of nitrogens with zero attached hydrogens (tertiary/aromatic N) is 2. The summed E-state index contributed by atoms with van der Waals surface area (Å²) in [6, 6.07) is 3.68. The third-order valence-corrected chi connectivity index (χ3v) is 5.41. The van der Waals surface area contributed by atoms with E-state index in [4.69, 9.17) is 4.74 Å². The molecule has 1 aliphatic rings. The predicted molar refractivity (Wildman–Crippen MR) is 100 cm³/mol. The third kappa shape index (κ3) is 5.60. The highest BCUT2D eigenvalue weighted by Crippen LogP contribution is 2.44. The largest absolute Gasteiger partial charge is 0.496 e. The molecule has 1 unspecified atom stereocenters. The van der Waals surface area contributed by atoms with Crippen molar-refractivity contribution in [3.63, 3.8) is 0 Å². The van der Waals surface area contributed by atoms with Gasteiger partial charge in [-0.15, -0.1) is 0 Å². The Bertz CT molecular complexity index is 711. The topological polar surface area (TPSA) is 53.0 Å². The standard InChI is InChI=1S/C20H28F4N2O3/c1-18(2,16-11-15(21)5-6-17(16)29-3)12-19(28,20(22,23)24)13-25-7-4-8-26(14-27)10-9-25/h5-6,11,14,28H,4,7-10,12-13H2,1-3H3. The second-order valence-corrected chi connectivity index (χ2v) is 8.21. The number of alkyl halides is 3. The molecule has 0 spiro atoms. The molecule has 0 bridgehead atoms. The maximum atomic E-state index is 14.0. The fraction of sp³-hybridized carbons (Fsp3) is 0.650. The van der Waals surface area contributed by atoms with Crippen molar-refractivity contribution in [3.8, 4) is 5.75 Å². The van der Waals surface area contributed by atoms with Crippen LogP contribution in [-0.4, -0.2) is 72.9 Å². The maximum absolute atomic E-state index is 14.0. The number of carbonyl (C=O) groups excluding carboxylic acids is 1. The summed E-state index contributed by atoms with van der Waals surface area (Å²) < 4.78 is 60.9. The first kappa shape index (κ1) is 23.4. The van der Waals surface area contributed by atoms with Crippen LogP contribution in [-0.2, 0) is 10.2 Å². The summed E-state index contributed by atoms with van der Waals surface area (Å²) in [7, 11) is 1.36. The highest BCUT2D eigenvalue weighted by atomic mass is 19.4. The fourth-order valence-electron chi connectivity index (χ4n) is 3.91. The highest BCUT2D eigenvalue weighted by molar-refractivity contribution is 5.47. The van der Waals surface area contributed by atoms with E-state index in [-0.39, 0.29) is 17.9 Å². The van der Waals surface area contributed by atoms with Crippen LogP contribution in [0.1, 0.15) is 32.3 Å². The lowest BCUT2D eigenvalue weighted by molar-refractivity contribution is -0.271. The van der Waals surface area contributed by atoms with Gasteiger partial charge in [0.25, 0.3) is 0 Å². The van der Waals surface area contributed by atoms with Gasteiger partial charge >= 0.3 is 6.18 Å². The zero-order chi connectivity index (χ0) is 21.9. The van der Waals surface area contributed by atoms with E-state index >= 15 is 0 Å². The molecule has 1 amide bonds. The van der Waals surface area contributed by atoms with Crippen molar-refractivity contribution in [1.82, 2.24) is 9.80 Å². The Labute approximate surface area is 168 Å². The second kappa shape index (κ2) is 8.87. The Balaban J connectivity index is 2.30. The number of aliphatic hydroxyl groups is 1. The van der Waals surface area contributed by atoms with Crippen LogP contribution in [0.25, 0.3) is 0 Å². The van der Waals surface area contributed by atoms with Gasteiger partial charge in [0.1, 0.15) is 11.6 Å². The average Bonchev–Trinajstić information content (AvgIpc) is 2.85. The molecule has 1 saturated heterocycles. The van der Waals surface area contributed by atoms with Gasteiger partial charge in [0.05, 0.1) is 7.11 Å². The van der Waals surface area contributed by atoms with Crippen molar-refractivity contribution in [3.05, 3.63) is 29.6 Å². The van der Waals surface area contributed by atoms with E-state index in [0.29, 0.717) is 32.5 Å². The Morgan fingerprint density at radius 1 is 1.17 bits per heavy atom. The highest BCUT2D eigenvalue weighted by Gasteiger charge is 2.56. The summed E-state index contributed by atoms with van der Waals surface area (Å²) in [5.41, 5.74) is -3.98. The van der Waals surface area contributed by atoms with Crippen molar-refractivity contribution in [2.24, 2.45) is 0 Å². The number of carbonyl (C=O) groups is 1. The summed E-state index contributed by atoms with van der Waals surface area (Å²) in [6.07, 6.45) is -4.36. The first-order valence-electron chi connectivity index (χ1n) is 9.47. The van der Waals surface area contributed by atoms with Gasteiger partial charge in [0, 0.05) is 38.3 Å². The lowest BCUT2D eigenvalue weighted by atomic mass is 9.74. The summed E-state index contributed by atoms with van der Waals surface area (Å²) in [5, 5.41) is 10.8. The first-order valence-corrected chi connectivity index (χ1v) is 9.47. The minimum absolute atomic E-state index is 0.237.